The number of benzene rings is 1. The Hall–Kier alpha value is -1.10. The number of nitrogens with two attached hydrogens (primary N) is 1. The third kappa shape index (κ3) is 3.98. The summed E-state index contributed by atoms with van der Waals surface area (Å²) in [7, 11) is 0. The molecule has 0 aromatic heterocycles. The first kappa shape index (κ1) is 13.3. The van der Waals surface area contributed by atoms with E-state index in [-0.39, 0.29) is 0 Å². The summed E-state index contributed by atoms with van der Waals surface area (Å²) in [6.45, 7) is 7.40. The van der Waals surface area contributed by atoms with E-state index in [2.05, 4.69) is 9.80 Å². The van der Waals surface area contributed by atoms with E-state index < -0.39 is 0 Å². The molecule has 4 nitrogen and oxygen atoms in total. The second-order valence-corrected chi connectivity index (χ2v) is 4.93. The zero-order valence-electron chi connectivity index (χ0n) is 10.9. The maximum Gasteiger partial charge on any atom is 0.115 e. The van der Waals surface area contributed by atoms with Gasteiger partial charge in [0.1, 0.15) is 5.75 Å². The van der Waals surface area contributed by atoms with Crippen molar-refractivity contribution in [1.82, 2.24) is 9.80 Å². The fourth-order valence-electron chi connectivity index (χ4n) is 2.35. The van der Waals surface area contributed by atoms with Crippen LogP contribution < -0.4 is 5.73 Å². The van der Waals surface area contributed by atoms with Crippen molar-refractivity contribution in [2.24, 2.45) is 5.73 Å². The molecule has 0 saturated carbocycles. The summed E-state index contributed by atoms with van der Waals surface area (Å²) >= 11 is 0. The zero-order chi connectivity index (χ0) is 12.8. The van der Waals surface area contributed by atoms with Crippen molar-refractivity contribution in [3.63, 3.8) is 0 Å². The number of rotatable bonds is 5. The number of phenolic OH excluding ortho intramolecular Hbond substituents is 1. The molecule has 1 heterocycles. The number of piperazine rings is 1. The lowest BCUT2D eigenvalue weighted by molar-refractivity contribution is 0.127. The maximum absolute atomic E-state index is 9.25. The van der Waals surface area contributed by atoms with Crippen molar-refractivity contribution in [3.05, 3.63) is 29.8 Å². The van der Waals surface area contributed by atoms with Crippen LogP contribution >= 0.6 is 0 Å². The third-order valence-corrected chi connectivity index (χ3v) is 3.49. The highest BCUT2D eigenvalue weighted by atomic mass is 16.3. The summed E-state index contributed by atoms with van der Waals surface area (Å²) in [5.41, 5.74) is 6.80. The second-order valence-electron chi connectivity index (χ2n) is 4.93. The van der Waals surface area contributed by atoms with Gasteiger partial charge in [-0.3, -0.25) is 4.90 Å². The molecule has 1 aliphatic rings. The Balaban J connectivity index is 1.74. The van der Waals surface area contributed by atoms with Crippen molar-refractivity contribution >= 4 is 0 Å². The van der Waals surface area contributed by atoms with Crippen molar-refractivity contribution < 1.29 is 5.11 Å². The predicted molar refractivity (Wildman–Crippen MR) is 73.5 cm³/mol. The van der Waals surface area contributed by atoms with Crippen LogP contribution in [0.1, 0.15) is 12.0 Å². The highest BCUT2D eigenvalue weighted by Gasteiger charge is 2.16. The first-order valence-corrected chi connectivity index (χ1v) is 6.70. The lowest BCUT2D eigenvalue weighted by atomic mass is 10.2. The molecule has 1 aromatic carbocycles. The number of nitrogens with zero attached hydrogens (tertiary/aromatic N) is 2. The molecule has 0 unspecified atom stereocenters. The number of aromatic hydroxyl groups is 1. The molecule has 3 N–H and O–H groups in total. The topological polar surface area (TPSA) is 52.7 Å². The van der Waals surface area contributed by atoms with Gasteiger partial charge in [-0.25, -0.2) is 0 Å². The highest BCUT2D eigenvalue weighted by Crippen LogP contribution is 2.13. The lowest BCUT2D eigenvalue weighted by Gasteiger charge is -2.34. The molecule has 1 aliphatic heterocycles. The van der Waals surface area contributed by atoms with Crippen molar-refractivity contribution in [1.29, 1.82) is 0 Å². The largest absolute Gasteiger partial charge is 0.508 e. The Morgan fingerprint density at radius 2 is 1.61 bits per heavy atom. The van der Waals surface area contributed by atoms with Gasteiger partial charge in [-0.2, -0.15) is 0 Å². The Bertz CT molecular complexity index is 345. The fourth-order valence-corrected chi connectivity index (χ4v) is 2.35. The van der Waals surface area contributed by atoms with Crippen LogP contribution in [0.3, 0.4) is 0 Å². The quantitative estimate of drug-likeness (QED) is 0.812. The van der Waals surface area contributed by atoms with Gasteiger partial charge in [0.15, 0.2) is 0 Å². The molecule has 0 radical (unpaired) electrons. The SMILES string of the molecule is NCCCN1CCN(Cc2ccc(O)cc2)CC1. The predicted octanol–water partition coefficient (Wildman–Crippen LogP) is 0.859. The van der Waals surface area contributed by atoms with E-state index in [1.807, 2.05) is 12.1 Å². The molecule has 1 aromatic rings. The van der Waals surface area contributed by atoms with Crippen LogP contribution in [0.5, 0.6) is 5.75 Å². The van der Waals surface area contributed by atoms with E-state index >= 15 is 0 Å². The third-order valence-electron chi connectivity index (χ3n) is 3.49. The second kappa shape index (κ2) is 6.73. The number of phenols is 1. The normalized spacial score (nSPS) is 18.1. The Kier molecular flexibility index (Phi) is 4.99. The van der Waals surface area contributed by atoms with Gasteiger partial charge in [0.2, 0.25) is 0 Å². The molecule has 100 valence electrons. The average Bonchev–Trinajstić information content (AvgIpc) is 2.41. The van der Waals surface area contributed by atoms with Gasteiger partial charge in [-0.05, 0) is 37.2 Å². The molecule has 2 rings (SSSR count). The zero-order valence-corrected chi connectivity index (χ0v) is 10.9. The summed E-state index contributed by atoms with van der Waals surface area (Å²) in [5.74, 6) is 0.338. The lowest BCUT2D eigenvalue weighted by Crippen LogP contribution is -2.46. The van der Waals surface area contributed by atoms with Crippen LogP contribution in [0.25, 0.3) is 0 Å². The van der Waals surface area contributed by atoms with Crippen molar-refractivity contribution in [2.45, 2.75) is 13.0 Å². The van der Waals surface area contributed by atoms with E-state index in [1.165, 1.54) is 5.56 Å². The molecule has 18 heavy (non-hydrogen) atoms. The van der Waals surface area contributed by atoms with Gasteiger partial charge in [0.05, 0.1) is 0 Å². The van der Waals surface area contributed by atoms with Crippen LogP contribution in [0.15, 0.2) is 24.3 Å². The minimum atomic E-state index is 0.338. The first-order chi connectivity index (χ1) is 8.78. The smallest absolute Gasteiger partial charge is 0.115 e. The van der Waals surface area contributed by atoms with Gasteiger partial charge < -0.3 is 15.7 Å². The highest BCUT2D eigenvalue weighted by molar-refractivity contribution is 5.25. The van der Waals surface area contributed by atoms with Crippen molar-refractivity contribution in [3.8, 4) is 5.75 Å². The first-order valence-electron chi connectivity index (χ1n) is 6.70. The molecule has 0 amide bonds. The van der Waals surface area contributed by atoms with Gasteiger partial charge in [-0.15, -0.1) is 0 Å². The van der Waals surface area contributed by atoms with E-state index in [0.29, 0.717) is 5.75 Å². The Labute approximate surface area is 109 Å². The van der Waals surface area contributed by atoms with E-state index in [4.69, 9.17) is 5.73 Å². The molecule has 4 heteroatoms. The van der Waals surface area contributed by atoms with Gasteiger partial charge in [0.25, 0.3) is 0 Å². The molecule has 0 spiro atoms. The minimum absolute atomic E-state index is 0.338. The van der Waals surface area contributed by atoms with Crippen LogP contribution in [-0.4, -0.2) is 54.2 Å². The van der Waals surface area contributed by atoms with Crippen LogP contribution in [0.2, 0.25) is 0 Å². The molecular formula is C14H23N3O. The van der Waals surface area contributed by atoms with Gasteiger partial charge in [-0.1, -0.05) is 12.1 Å². The number of hydrogen-bond donors (Lipinski definition) is 2. The van der Waals surface area contributed by atoms with Gasteiger partial charge >= 0.3 is 0 Å². The molecular weight excluding hydrogens is 226 g/mol. The van der Waals surface area contributed by atoms with Crippen LogP contribution in [0, 0.1) is 0 Å². The minimum Gasteiger partial charge on any atom is -0.508 e. The average molecular weight is 249 g/mol. The van der Waals surface area contributed by atoms with E-state index in [1.54, 1.807) is 12.1 Å². The molecule has 0 atom stereocenters. The van der Waals surface area contributed by atoms with E-state index in [9.17, 15) is 5.11 Å². The summed E-state index contributed by atoms with van der Waals surface area (Å²) in [5, 5.41) is 9.25. The Morgan fingerprint density at radius 3 is 2.22 bits per heavy atom. The van der Waals surface area contributed by atoms with Gasteiger partial charge in [0, 0.05) is 32.7 Å². The fraction of sp³-hybridized carbons (Fsp3) is 0.571. The maximum atomic E-state index is 9.25. The summed E-state index contributed by atoms with van der Waals surface area (Å²) < 4.78 is 0. The number of hydrogen-bond acceptors (Lipinski definition) is 4. The van der Waals surface area contributed by atoms with Crippen LogP contribution in [-0.2, 0) is 6.54 Å². The van der Waals surface area contributed by atoms with Crippen molar-refractivity contribution in [2.75, 3.05) is 39.3 Å². The monoisotopic (exact) mass is 249 g/mol. The standard InChI is InChI=1S/C14H23N3O/c15-6-1-7-16-8-10-17(11-9-16)12-13-2-4-14(18)5-3-13/h2-5,18H,1,6-12,15H2. The van der Waals surface area contributed by atoms with Crippen LogP contribution in [0.4, 0.5) is 0 Å². The molecule has 0 aliphatic carbocycles. The summed E-state index contributed by atoms with van der Waals surface area (Å²) in [6.07, 6.45) is 1.10. The Morgan fingerprint density at radius 1 is 1.00 bits per heavy atom. The summed E-state index contributed by atoms with van der Waals surface area (Å²) in [6, 6.07) is 7.51. The molecule has 1 fully saturated rings. The molecule has 1 saturated heterocycles. The summed E-state index contributed by atoms with van der Waals surface area (Å²) in [4.78, 5) is 4.95. The van der Waals surface area contributed by atoms with E-state index in [0.717, 1.165) is 52.2 Å². The molecule has 0 bridgehead atoms.